The summed E-state index contributed by atoms with van der Waals surface area (Å²) in [4.78, 5) is 26.2. The number of nitrogens with zero attached hydrogens (tertiary/aromatic N) is 1. The molecule has 0 bridgehead atoms. The van der Waals surface area contributed by atoms with Gasteiger partial charge >= 0.3 is 51.4 Å². The molecule has 7 heteroatoms. The van der Waals surface area contributed by atoms with E-state index in [0.29, 0.717) is 25.8 Å². The first-order chi connectivity index (χ1) is 8.52. The van der Waals surface area contributed by atoms with Crippen LogP contribution in [-0.2, 0) is 9.59 Å². The number of hydrogen-bond acceptors (Lipinski definition) is 5. The number of rotatable bonds is 7. The summed E-state index contributed by atoms with van der Waals surface area (Å²) in [5, 5.41) is 13.2. The molecule has 1 rings (SSSR count). The second-order valence-corrected chi connectivity index (χ2v) is 4.70. The molecule has 1 aliphatic rings. The quantitative estimate of drug-likeness (QED) is 0.367. The molecule has 0 aromatic rings. The van der Waals surface area contributed by atoms with Crippen molar-refractivity contribution in [2.24, 2.45) is 16.6 Å². The zero-order chi connectivity index (χ0) is 13.5. The van der Waals surface area contributed by atoms with Crippen LogP contribution in [0.15, 0.2) is 4.99 Å². The number of carboxylic acid groups (broad SMARTS) is 1. The molecule has 102 valence electrons. The van der Waals surface area contributed by atoms with Gasteiger partial charge in [-0.3, -0.25) is 9.79 Å². The van der Waals surface area contributed by atoms with Gasteiger partial charge in [0.05, 0.1) is 5.97 Å². The van der Waals surface area contributed by atoms with Gasteiger partial charge in [0.1, 0.15) is 6.04 Å². The van der Waals surface area contributed by atoms with E-state index in [1.54, 1.807) is 6.21 Å². The molecule has 1 amide bonds. The zero-order valence-electron chi connectivity index (χ0n) is 11.6. The number of nitrogens with one attached hydrogen (secondary N) is 1. The second kappa shape index (κ2) is 10.0. The van der Waals surface area contributed by atoms with E-state index in [0.717, 1.165) is 6.42 Å². The van der Waals surface area contributed by atoms with Crippen molar-refractivity contribution in [1.82, 2.24) is 5.32 Å². The van der Waals surface area contributed by atoms with E-state index in [2.05, 4.69) is 10.3 Å². The monoisotopic (exact) mass is 293 g/mol. The van der Waals surface area contributed by atoms with Crippen molar-refractivity contribution in [1.29, 1.82) is 0 Å². The van der Waals surface area contributed by atoms with Crippen molar-refractivity contribution in [2.45, 2.75) is 44.7 Å². The first kappa shape index (κ1) is 19.2. The topological polar surface area (TPSA) is 108 Å². The van der Waals surface area contributed by atoms with Crippen molar-refractivity contribution in [3.63, 3.8) is 0 Å². The van der Waals surface area contributed by atoms with E-state index in [9.17, 15) is 14.7 Å². The van der Waals surface area contributed by atoms with Crippen molar-refractivity contribution in [3.05, 3.63) is 0 Å². The summed E-state index contributed by atoms with van der Waals surface area (Å²) in [6.45, 7) is 2.52. The van der Waals surface area contributed by atoms with Crippen LogP contribution in [0.3, 0.4) is 0 Å². The molecule has 3 atom stereocenters. The summed E-state index contributed by atoms with van der Waals surface area (Å²) in [5.74, 6) is -1.02. The fourth-order valence-electron chi connectivity index (χ4n) is 1.87. The van der Waals surface area contributed by atoms with Gasteiger partial charge in [-0.15, -0.1) is 0 Å². The van der Waals surface area contributed by atoms with Gasteiger partial charge in [0.25, 0.3) is 0 Å². The van der Waals surface area contributed by atoms with Crippen molar-refractivity contribution in [3.8, 4) is 0 Å². The summed E-state index contributed by atoms with van der Waals surface area (Å²) in [6, 6.07) is -1.18. The molecule has 0 aromatic carbocycles. The smallest absolute Gasteiger partial charge is 0.548 e. The van der Waals surface area contributed by atoms with Gasteiger partial charge in [-0.25, -0.2) is 0 Å². The zero-order valence-corrected chi connectivity index (χ0v) is 14.7. The maximum Gasteiger partial charge on any atom is 1.00 e. The van der Waals surface area contributed by atoms with Crippen molar-refractivity contribution < 1.29 is 66.1 Å². The van der Waals surface area contributed by atoms with Gasteiger partial charge < -0.3 is 21.0 Å². The van der Waals surface area contributed by atoms with Crippen LogP contribution in [0.4, 0.5) is 0 Å². The van der Waals surface area contributed by atoms with Crippen molar-refractivity contribution >= 4 is 18.1 Å². The molecule has 0 radical (unpaired) electrons. The Morgan fingerprint density at radius 2 is 2.21 bits per heavy atom. The molecule has 0 aromatic heterocycles. The van der Waals surface area contributed by atoms with Crippen LogP contribution in [0.5, 0.6) is 0 Å². The van der Waals surface area contributed by atoms with Gasteiger partial charge in [-0.05, 0) is 31.6 Å². The van der Waals surface area contributed by atoms with Crippen LogP contribution < -0.4 is 67.5 Å². The SMILES string of the molecule is C[C@@H]1CC=N[C@H]1C(=O)NCCCC[C@H](N)C(=O)[O-].[K+]. The van der Waals surface area contributed by atoms with Crippen molar-refractivity contribution in [2.75, 3.05) is 6.54 Å². The number of carbonyl (C=O) groups is 2. The predicted octanol–water partition coefficient (Wildman–Crippen LogP) is -4.17. The van der Waals surface area contributed by atoms with Gasteiger partial charge in [0.15, 0.2) is 0 Å². The minimum absolute atomic E-state index is 0. The van der Waals surface area contributed by atoms with Gasteiger partial charge in [-0.1, -0.05) is 6.92 Å². The molecule has 0 saturated heterocycles. The van der Waals surface area contributed by atoms with E-state index in [1.165, 1.54) is 0 Å². The van der Waals surface area contributed by atoms with Gasteiger partial charge in [-0.2, -0.15) is 0 Å². The second-order valence-electron chi connectivity index (χ2n) is 4.70. The summed E-state index contributed by atoms with van der Waals surface area (Å²) in [5.41, 5.74) is 5.31. The molecule has 3 N–H and O–H groups in total. The molecule has 0 unspecified atom stereocenters. The van der Waals surface area contributed by atoms with E-state index >= 15 is 0 Å². The summed E-state index contributed by atoms with van der Waals surface area (Å²) in [7, 11) is 0. The van der Waals surface area contributed by atoms with Crippen LogP contribution in [0, 0.1) is 5.92 Å². The Kier molecular flexibility index (Phi) is 10.1. The first-order valence-corrected chi connectivity index (χ1v) is 6.28. The third-order valence-corrected chi connectivity index (χ3v) is 3.09. The Labute approximate surface area is 156 Å². The molecule has 1 heterocycles. The fraction of sp³-hybridized carbons (Fsp3) is 0.750. The number of aliphatic carboxylic acids is 1. The molecule has 0 fully saturated rings. The number of aliphatic imine (C=N–C) groups is 1. The molecular formula is C12H20KN3O3. The molecule has 6 nitrogen and oxygen atoms in total. The number of amides is 1. The minimum atomic E-state index is -1.23. The van der Waals surface area contributed by atoms with Crippen LogP contribution in [0.25, 0.3) is 0 Å². The number of hydrogen-bond donors (Lipinski definition) is 2. The Morgan fingerprint density at radius 3 is 2.74 bits per heavy atom. The Balaban J connectivity index is 0.00000324. The van der Waals surface area contributed by atoms with E-state index in [4.69, 9.17) is 5.73 Å². The number of nitrogens with two attached hydrogens (primary N) is 1. The summed E-state index contributed by atoms with van der Waals surface area (Å²) >= 11 is 0. The standard InChI is InChI=1S/C12H21N3O3.K/c1-8-5-7-14-10(8)11(16)15-6-3-2-4-9(13)12(17)18;/h7-10H,2-6,13H2,1H3,(H,15,16)(H,17,18);/q;+1/p-1/t8-,9+,10-;/m1./s1. The normalized spacial score (nSPS) is 22.6. The molecule has 0 saturated carbocycles. The molecule has 0 spiro atoms. The summed E-state index contributed by atoms with van der Waals surface area (Å²) in [6.07, 6.45) is 4.36. The van der Waals surface area contributed by atoms with Crippen LogP contribution >= 0.6 is 0 Å². The maximum atomic E-state index is 11.7. The van der Waals surface area contributed by atoms with E-state index in [1.807, 2.05) is 6.92 Å². The molecule has 1 aliphatic heterocycles. The minimum Gasteiger partial charge on any atom is -0.548 e. The number of unbranched alkanes of at least 4 members (excludes halogenated alkanes) is 1. The predicted molar refractivity (Wildman–Crippen MR) is 65.9 cm³/mol. The van der Waals surface area contributed by atoms with E-state index in [-0.39, 0.29) is 69.3 Å². The van der Waals surface area contributed by atoms with Crippen LogP contribution in [0.2, 0.25) is 0 Å². The Morgan fingerprint density at radius 1 is 1.53 bits per heavy atom. The summed E-state index contributed by atoms with van der Waals surface area (Å²) < 4.78 is 0. The maximum absolute atomic E-state index is 11.7. The Bertz CT molecular complexity index is 336. The molecular weight excluding hydrogens is 273 g/mol. The fourth-order valence-corrected chi connectivity index (χ4v) is 1.87. The van der Waals surface area contributed by atoms with Gasteiger partial charge in [0, 0.05) is 18.8 Å². The first-order valence-electron chi connectivity index (χ1n) is 6.28. The Hall–Kier alpha value is 0.206. The van der Waals surface area contributed by atoms with Crippen LogP contribution in [-0.4, -0.2) is 36.7 Å². The third kappa shape index (κ3) is 6.96. The number of carbonyl (C=O) groups excluding carboxylic acids is 2. The average Bonchev–Trinajstić information content (AvgIpc) is 2.74. The number of carboxylic acids is 1. The molecule has 0 aliphatic carbocycles. The average molecular weight is 293 g/mol. The van der Waals surface area contributed by atoms with Crippen LogP contribution in [0.1, 0.15) is 32.6 Å². The van der Waals surface area contributed by atoms with E-state index < -0.39 is 12.0 Å². The van der Waals surface area contributed by atoms with Gasteiger partial charge in [0.2, 0.25) is 5.91 Å². The third-order valence-electron chi connectivity index (χ3n) is 3.09. The largest absolute Gasteiger partial charge is 1.00 e. The molecule has 19 heavy (non-hydrogen) atoms.